The van der Waals surface area contributed by atoms with Crippen LogP contribution in [0.3, 0.4) is 0 Å². The third kappa shape index (κ3) is 3.24. The van der Waals surface area contributed by atoms with Crippen LogP contribution in [0.15, 0.2) is 66.7 Å². The van der Waals surface area contributed by atoms with Crippen LogP contribution in [0.4, 0.5) is 0 Å². The molecule has 3 aromatic heterocycles. The van der Waals surface area contributed by atoms with Crippen LogP contribution in [0.5, 0.6) is 0 Å². The molecule has 30 heavy (non-hydrogen) atoms. The molecule has 0 N–H and O–H groups in total. The molecule has 0 aliphatic carbocycles. The standard InChI is InChI=1S/C26H24N4/c1-4-24-29-25-17(2)14-18(3)27-26(25)30(24)16-19-10-12-23-21(15-19)11-13-22(28-23)20-8-6-5-7-9-20/h5-15H,4,16H2,1-3H3. The Hall–Kier alpha value is -3.53. The molecule has 0 saturated carbocycles. The van der Waals surface area contributed by atoms with Gasteiger partial charge in [0.15, 0.2) is 5.65 Å². The predicted molar refractivity (Wildman–Crippen MR) is 123 cm³/mol. The van der Waals surface area contributed by atoms with Gasteiger partial charge in [0, 0.05) is 23.1 Å². The monoisotopic (exact) mass is 392 g/mol. The first kappa shape index (κ1) is 18.5. The summed E-state index contributed by atoms with van der Waals surface area (Å²) >= 11 is 0. The second-order valence-corrected chi connectivity index (χ2v) is 7.81. The summed E-state index contributed by atoms with van der Waals surface area (Å²) < 4.78 is 2.25. The Morgan fingerprint density at radius 1 is 0.833 bits per heavy atom. The topological polar surface area (TPSA) is 43.6 Å². The average molecular weight is 393 g/mol. The Morgan fingerprint density at radius 3 is 2.47 bits per heavy atom. The number of aryl methyl sites for hydroxylation is 3. The van der Waals surface area contributed by atoms with Crippen molar-refractivity contribution >= 4 is 22.1 Å². The number of pyridine rings is 2. The fourth-order valence-electron chi connectivity index (χ4n) is 4.11. The zero-order valence-corrected chi connectivity index (χ0v) is 17.6. The molecule has 0 aliphatic rings. The maximum Gasteiger partial charge on any atom is 0.160 e. The van der Waals surface area contributed by atoms with Gasteiger partial charge in [0.05, 0.1) is 17.8 Å². The highest BCUT2D eigenvalue weighted by atomic mass is 15.1. The van der Waals surface area contributed by atoms with Crippen molar-refractivity contribution < 1.29 is 0 Å². The molecule has 0 amide bonds. The van der Waals surface area contributed by atoms with Crippen LogP contribution >= 0.6 is 0 Å². The van der Waals surface area contributed by atoms with Gasteiger partial charge in [-0.3, -0.25) is 0 Å². The van der Waals surface area contributed by atoms with Crippen LogP contribution in [-0.2, 0) is 13.0 Å². The maximum absolute atomic E-state index is 4.86. The van der Waals surface area contributed by atoms with Crippen LogP contribution in [0.1, 0.15) is 29.6 Å². The summed E-state index contributed by atoms with van der Waals surface area (Å²) in [5.74, 6) is 1.07. The van der Waals surface area contributed by atoms with E-state index in [1.807, 2.05) is 25.1 Å². The lowest BCUT2D eigenvalue weighted by Gasteiger charge is -2.10. The van der Waals surface area contributed by atoms with E-state index in [0.29, 0.717) is 0 Å². The SMILES string of the molecule is CCc1nc2c(C)cc(C)nc2n1Cc1ccc2nc(-c3ccccc3)ccc2c1. The quantitative estimate of drug-likeness (QED) is 0.384. The Balaban J connectivity index is 1.55. The number of hydrogen-bond donors (Lipinski definition) is 0. The minimum atomic E-state index is 0.756. The zero-order valence-electron chi connectivity index (χ0n) is 17.6. The van der Waals surface area contributed by atoms with Gasteiger partial charge in [0.25, 0.3) is 0 Å². The highest BCUT2D eigenvalue weighted by Gasteiger charge is 2.14. The van der Waals surface area contributed by atoms with Crippen molar-refractivity contribution in [1.29, 1.82) is 0 Å². The second kappa shape index (κ2) is 7.38. The van der Waals surface area contributed by atoms with Crippen molar-refractivity contribution in [2.24, 2.45) is 0 Å². The number of imidazole rings is 1. The Morgan fingerprint density at radius 2 is 1.67 bits per heavy atom. The minimum Gasteiger partial charge on any atom is -0.308 e. The highest BCUT2D eigenvalue weighted by molar-refractivity contribution is 5.82. The number of aromatic nitrogens is 4. The van der Waals surface area contributed by atoms with E-state index in [2.05, 4.69) is 66.9 Å². The fourth-order valence-corrected chi connectivity index (χ4v) is 4.11. The van der Waals surface area contributed by atoms with Gasteiger partial charge in [-0.05, 0) is 49.2 Å². The first-order valence-electron chi connectivity index (χ1n) is 10.4. The van der Waals surface area contributed by atoms with Crippen LogP contribution < -0.4 is 0 Å². The van der Waals surface area contributed by atoms with Crippen LogP contribution in [0.25, 0.3) is 33.3 Å². The Bertz CT molecular complexity index is 1370. The van der Waals surface area contributed by atoms with Gasteiger partial charge < -0.3 is 4.57 Å². The van der Waals surface area contributed by atoms with Gasteiger partial charge in [-0.2, -0.15) is 0 Å². The Labute approximate surface area is 176 Å². The first-order valence-corrected chi connectivity index (χ1v) is 10.4. The summed E-state index contributed by atoms with van der Waals surface area (Å²) in [6.07, 6.45) is 0.879. The summed E-state index contributed by atoms with van der Waals surface area (Å²) in [6.45, 7) is 7.06. The molecule has 3 heterocycles. The molecule has 0 fully saturated rings. The zero-order chi connectivity index (χ0) is 20.7. The molecule has 0 spiro atoms. The van der Waals surface area contributed by atoms with E-state index in [4.69, 9.17) is 15.0 Å². The molecular formula is C26H24N4. The van der Waals surface area contributed by atoms with Gasteiger partial charge in [-0.25, -0.2) is 15.0 Å². The van der Waals surface area contributed by atoms with E-state index in [-0.39, 0.29) is 0 Å². The van der Waals surface area contributed by atoms with E-state index < -0.39 is 0 Å². The predicted octanol–water partition coefficient (Wildman–Crippen LogP) is 5.87. The van der Waals surface area contributed by atoms with E-state index in [1.54, 1.807) is 0 Å². The van der Waals surface area contributed by atoms with Gasteiger partial charge in [0.1, 0.15) is 11.3 Å². The van der Waals surface area contributed by atoms with Crippen LogP contribution in [0, 0.1) is 13.8 Å². The van der Waals surface area contributed by atoms with Crippen molar-refractivity contribution in [2.45, 2.75) is 33.7 Å². The van der Waals surface area contributed by atoms with Crippen molar-refractivity contribution in [3.8, 4) is 11.3 Å². The molecule has 2 aromatic carbocycles. The van der Waals surface area contributed by atoms with Crippen molar-refractivity contribution in [3.05, 3.63) is 89.4 Å². The molecule has 0 saturated heterocycles. The largest absolute Gasteiger partial charge is 0.308 e. The number of benzene rings is 2. The second-order valence-electron chi connectivity index (χ2n) is 7.81. The van der Waals surface area contributed by atoms with Gasteiger partial charge in [0.2, 0.25) is 0 Å². The molecule has 0 bridgehead atoms. The lowest BCUT2D eigenvalue weighted by Crippen LogP contribution is -2.05. The third-order valence-corrected chi connectivity index (χ3v) is 5.58. The summed E-state index contributed by atoms with van der Waals surface area (Å²) in [6, 6.07) is 23.2. The molecular weight excluding hydrogens is 368 g/mol. The first-order chi connectivity index (χ1) is 14.6. The summed E-state index contributed by atoms with van der Waals surface area (Å²) in [7, 11) is 0. The molecule has 0 atom stereocenters. The molecule has 4 heteroatoms. The molecule has 4 nitrogen and oxygen atoms in total. The minimum absolute atomic E-state index is 0.756. The summed E-state index contributed by atoms with van der Waals surface area (Å²) in [5.41, 5.74) is 8.57. The molecule has 0 aliphatic heterocycles. The number of hydrogen-bond acceptors (Lipinski definition) is 3. The summed E-state index contributed by atoms with van der Waals surface area (Å²) in [5, 5.41) is 1.15. The lowest BCUT2D eigenvalue weighted by molar-refractivity contribution is 0.746. The van der Waals surface area contributed by atoms with Crippen molar-refractivity contribution in [1.82, 2.24) is 19.5 Å². The van der Waals surface area contributed by atoms with E-state index in [9.17, 15) is 0 Å². The molecule has 148 valence electrons. The molecule has 0 radical (unpaired) electrons. The highest BCUT2D eigenvalue weighted by Crippen LogP contribution is 2.24. The summed E-state index contributed by atoms with van der Waals surface area (Å²) in [4.78, 5) is 14.5. The molecule has 0 unspecified atom stereocenters. The van der Waals surface area contributed by atoms with E-state index >= 15 is 0 Å². The van der Waals surface area contributed by atoms with Crippen molar-refractivity contribution in [3.63, 3.8) is 0 Å². The van der Waals surface area contributed by atoms with Gasteiger partial charge in [-0.15, -0.1) is 0 Å². The van der Waals surface area contributed by atoms with Gasteiger partial charge >= 0.3 is 0 Å². The number of nitrogens with zero attached hydrogens (tertiary/aromatic N) is 4. The third-order valence-electron chi connectivity index (χ3n) is 5.58. The molecule has 5 aromatic rings. The molecule has 5 rings (SSSR count). The van der Waals surface area contributed by atoms with E-state index in [0.717, 1.165) is 57.8 Å². The normalized spacial score (nSPS) is 11.4. The van der Waals surface area contributed by atoms with Crippen LogP contribution in [0.2, 0.25) is 0 Å². The Kier molecular flexibility index (Phi) is 4.55. The smallest absolute Gasteiger partial charge is 0.160 e. The van der Waals surface area contributed by atoms with Gasteiger partial charge in [-0.1, -0.05) is 49.4 Å². The lowest BCUT2D eigenvalue weighted by atomic mass is 10.1. The number of fused-ring (bicyclic) bond motifs is 2. The fraction of sp³-hybridized carbons (Fsp3) is 0.192. The van der Waals surface area contributed by atoms with Crippen LogP contribution in [-0.4, -0.2) is 19.5 Å². The number of rotatable bonds is 4. The van der Waals surface area contributed by atoms with Crippen molar-refractivity contribution in [2.75, 3.05) is 0 Å². The average Bonchev–Trinajstić information content (AvgIpc) is 3.11. The van der Waals surface area contributed by atoms with E-state index in [1.165, 1.54) is 11.1 Å². The maximum atomic E-state index is 4.86.